The SMILES string of the molecule is CC1CN(c2cc(Nc3ccc(Oc4ccnc5[nH]ccc45)c(F)c3)nc(N)n2)CC1C1CCCO1. The van der Waals surface area contributed by atoms with Crippen LogP contribution in [0.15, 0.2) is 48.8 Å². The Morgan fingerprint density at radius 2 is 2.08 bits per heavy atom. The van der Waals surface area contributed by atoms with Crippen LogP contribution in [-0.4, -0.2) is 45.7 Å². The van der Waals surface area contributed by atoms with E-state index in [1.807, 2.05) is 12.1 Å². The number of pyridine rings is 1. The highest BCUT2D eigenvalue weighted by Crippen LogP contribution is 2.36. The number of anilines is 4. The van der Waals surface area contributed by atoms with E-state index in [0.717, 1.165) is 43.7 Å². The molecule has 0 aliphatic carbocycles. The van der Waals surface area contributed by atoms with Crippen LogP contribution >= 0.6 is 0 Å². The van der Waals surface area contributed by atoms with Crippen molar-refractivity contribution in [3.8, 4) is 11.5 Å². The quantitative estimate of drug-likeness (QED) is 0.352. The Balaban J connectivity index is 1.18. The van der Waals surface area contributed by atoms with Gasteiger partial charge in [-0.1, -0.05) is 6.92 Å². The predicted molar refractivity (Wildman–Crippen MR) is 136 cm³/mol. The average molecular weight is 490 g/mol. The molecule has 2 fully saturated rings. The Labute approximate surface area is 207 Å². The minimum absolute atomic E-state index is 0.114. The lowest BCUT2D eigenvalue weighted by atomic mass is 9.91. The molecular formula is C26H28FN7O2. The van der Waals surface area contributed by atoms with Crippen LogP contribution in [-0.2, 0) is 4.74 Å². The molecular weight excluding hydrogens is 461 g/mol. The number of hydrogen-bond donors (Lipinski definition) is 3. The average Bonchev–Trinajstić information content (AvgIpc) is 3.61. The van der Waals surface area contributed by atoms with Gasteiger partial charge in [0.25, 0.3) is 0 Å². The third-order valence-corrected chi connectivity index (χ3v) is 7.01. The summed E-state index contributed by atoms with van der Waals surface area (Å²) in [7, 11) is 0. The first-order chi connectivity index (χ1) is 17.5. The summed E-state index contributed by atoms with van der Waals surface area (Å²) in [6.45, 7) is 4.85. The Bertz CT molecular complexity index is 1390. The summed E-state index contributed by atoms with van der Waals surface area (Å²) >= 11 is 0. The third-order valence-electron chi connectivity index (χ3n) is 7.01. The molecule has 0 radical (unpaired) electrons. The van der Waals surface area contributed by atoms with Crippen LogP contribution in [0.5, 0.6) is 11.5 Å². The molecule has 5 heterocycles. The van der Waals surface area contributed by atoms with Gasteiger partial charge in [-0.3, -0.25) is 0 Å². The summed E-state index contributed by atoms with van der Waals surface area (Å²) in [6, 6.07) is 10.1. The van der Waals surface area contributed by atoms with Gasteiger partial charge in [-0.25, -0.2) is 9.37 Å². The van der Waals surface area contributed by atoms with Gasteiger partial charge >= 0.3 is 0 Å². The monoisotopic (exact) mass is 489 g/mol. The van der Waals surface area contributed by atoms with Crippen molar-refractivity contribution in [2.24, 2.45) is 11.8 Å². The van der Waals surface area contributed by atoms with Crippen molar-refractivity contribution < 1.29 is 13.9 Å². The number of benzene rings is 1. The fourth-order valence-corrected chi connectivity index (χ4v) is 5.23. The molecule has 36 heavy (non-hydrogen) atoms. The molecule has 10 heteroatoms. The number of H-pyrrole nitrogens is 1. The third kappa shape index (κ3) is 4.39. The first kappa shape index (κ1) is 22.5. The van der Waals surface area contributed by atoms with Crippen molar-refractivity contribution in [2.75, 3.05) is 35.6 Å². The summed E-state index contributed by atoms with van der Waals surface area (Å²) in [5.74, 6) is 2.52. The molecule has 0 bridgehead atoms. The van der Waals surface area contributed by atoms with Gasteiger partial charge in [-0.2, -0.15) is 9.97 Å². The number of nitrogen functional groups attached to an aromatic ring is 1. The summed E-state index contributed by atoms with van der Waals surface area (Å²) in [5, 5.41) is 3.93. The molecule has 3 aromatic heterocycles. The van der Waals surface area contributed by atoms with Crippen molar-refractivity contribution in [3.63, 3.8) is 0 Å². The van der Waals surface area contributed by atoms with Crippen molar-refractivity contribution in [1.29, 1.82) is 0 Å². The second-order valence-corrected chi connectivity index (χ2v) is 9.49. The highest BCUT2D eigenvalue weighted by Gasteiger charge is 2.38. The number of ether oxygens (including phenoxy) is 2. The summed E-state index contributed by atoms with van der Waals surface area (Å²) in [4.78, 5) is 18.2. The molecule has 2 aliphatic heterocycles. The zero-order valence-corrected chi connectivity index (χ0v) is 19.9. The number of fused-ring (bicyclic) bond motifs is 1. The van der Waals surface area contributed by atoms with E-state index in [9.17, 15) is 4.39 Å². The highest BCUT2D eigenvalue weighted by molar-refractivity contribution is 5.82. The van der Waals surface area contributed by atoms with Gasteiger partial charge in [-0.15, -0.1) is 0 Å². The summed E-state index contributed by atoms with van der Waals surface area (Å²) in [6.07, 6.45) is 5.93. The van der Waals surface area contributed by atoms with E-state index in [1.54, 1.807) is 30.6 Å². The van der Waals surface area contributed by atoms with Gasteiger partial charge < -0.3 is 30.4 Å². The molecule has 186 valence electrons. The Morgan fingerprint density at radius 3 is 2.92 bits per heavy atom. The van der Waals surface area contributed by atoms with Crippen molar-refractivity contribution in [2.45, 2.75) is 25.9 Å². The maximum Gasteiger partial charge on any atom is 0.223 e. The number of hydrogen-bond acceptors (Lipinski definition) is 8. The number of halogens is 1. The summed E-state index contributed by atoms with van der Waals surface area (Å²) < 4.78 is 26.7. The molecule has 4 aromatic rings. The van der Waals surface area contributed by atoms with Gasteiger partial charge in [0.1, 0.15) is 23.0 Å². The van der Waals surface area contributed by atoms with Crippen LogP contribution in [0.1, 0.15) is 19.8 Å². The predicted octanol–water partition coefficient (Wildman–Crippen LogP) is 4.86. The molecule has 1 aromatic carbocycles. The number of nitrogens with one attached hydrogen (secondary N) is 2. The lowest BCUT2D eigenvalue weighted by molar-refractivity contribution is 0.0569. The van der Waals surface area contributed by atoms with Crippen molar-refractivity contribution in [3.05, 3.63) is 54.6 Å². The van der Waals surface area contributed by atoms with Crippen LogP contribution in [0.3, 0.4) is 0 Å². The van der Waals surface area contributed by atoms with Gasteiger partial charge in [0, 0.05) is 55.8 Å². The van der Waals surface area contributed by atoms with Crippen LogP contribution < -0.4 is 20.7 Å². The molecule has 0 spiro atoms. The highest BCUT2D eigenvalue weighted by atomic mass is 19.1. The zero-order chi connectivity index (χ0) is 24.6. The molecule has 6 rings (SSSR count). The lowest BCUT2D eigenvalue weighted by Gasteiger charge is -2.21. The minimum Gasteiger partial charge on any atom is -0.453 e. The fourth-order valence-electron chi connectivity index (χ4n) is 5.23. The van der Waals surface area contributed by atoms with Gasteiger partial charge in [0.05, 0.1) is 11.5 Å². The van der Waals surface area contributed by atoms with Crippen LogP contribution in [0, 0.1) is 17.7 Å². The molecule has 3 unspecified atom stereocenters. The van der Waals surface area contributed by atoms with E-state index in [-0.39, 0.29) is 11.7 Å². The second kappa shape index (κ2) is 9.27. The minimum atomic E-state index is -0.504. The number of aromatic nitrogens is 4. The van der Waals surface area contributed by atoms with Crippen molar-refractivity contribution in [1.82, 2.24) is 19.9 Å². The first-order valence-electron chi connectivity index (χ1n) is 12.2. The first-order valence-corrected chi connectivity index (χ1v) is 12.2. The molecule has 2 aliphatic rings. The molecule has 0 saturated carbocycles. The van der Waals surface area contributed by atoms with E-state index in [4.69, 9.17) is 15.2 Å². The standard InChI is InChI=1S/C26H28FN7O2/c1-15-13-34(14-18(15)20-3-2-10-35-20)24-12-23(32-26(28)33-24)31-16-4-5-22(19(27)11-16)36-21-7-9-30-25-17(21)6-8-29-25/h4-9,11-12,15,18,20H,2-3,10,13-14H2,1H3,(H,29,30)(H3,28,31,32,33). The lowest BCUT2D eigenvalue weighted by Crippen LogP contribution is -2.27. The molecule has 4 N–H and O–H groups in total. The molecule has 9 nitrogen and oxygen atoms in total. The van der Waals surface area contributed by atoms with E-state index in [1.165, 1.54) is 6.07 Å². The fraction of sp³-hybridized carbons (Fsp3) is 0.346. The maximum atomic E-state index is 14.9. The number of nitrogens with two attached hydrogens (primary N) is 1. The molecule has 2 saturated heterocycles. The van der Waals surface area contributed by atoms with Crippen LogP contribution in [0.4, 0.5) is 27.7 Å². The molecule has 3 atom stereocenters. The van der Waals surface area contributed by atoms with Crippen LogP contribution in [0.2, 0.25) is 0 Å². The number of rotatable bonds is 6. The van der Waals surface area contributed by atoms with E-state index in [2.05, 4.69) is 37.1 Å². The Morgan fingerprint density at radius 1 is 1.17 bits per heavy atom. The second-order valence-electron chi connectivity index (χ2n) is 9.49. The summed E-state index contributed by atoms with van der Waals surface area (Å²) in [5.41, 5.74) is 7.24. The van der Waals surface area contributed by atoms with E-state index in [0.29, 0.717) is 40.8 Å². The largest absolute Gasteiger partial charge is 0.453 e. The van der Waals surface area contributed by atoms with Gasteiger partial charge in [0.2, 0.25) is 5.95 Å². The maximum absolute atomic E-state index is 14.9. The number of nitrogens with zero attached hydrogens (tertiary/aromatic N) is 4. The Hall–Kier alpha value is -3.92. The van der Waals surface area contributed by atoms with Gasteiger partial charge in [-0.05, 0) is 43.0 Å². The number of aromatic amines is 1. The van der Waals surface area contributed by atoms with Gasteiger partial charge in [0.15, 0.2) is 11.6 Å². The van der Waals surface area contributed by atoms with Crippen LogP contribution in [0.25, 0.3) is 11.0 Å². The topological polar surface area (TPSA) is 114 Å². The molecule has 0 amide bonds. The smallest absolute Gasteiger partial charge is 0.223 e. The normalized spacial score (nSPS) is 21.8. The van der Waals surface area contributed by atoms with E-state index < -0.39 is 5.82 Å². The van der Waals surface area contributed by atoms with Crippen molar-refractivity contribution >= 4 is 34.3 Å². The Kier molecular flexibility index (Phi) is 5.80. The zero-order valence-electron chi connectivity index (χ0n) is 19.9. The van der Waals surface area contributed by atoms with E-state index >= 15 is 0 Å².